The Morgan fingerprint density at radius 2 is 2.14 bits per heavy atom. The van der Waals surface area contributed by atoms with Crippen molar-refractivity contribution in [1.29, 1.82) is 0 Å². The number of fused-ring (bicyclic) bond motifs is 1. The molecule has 3 heterocycles. The Morgan fingerprint density at radius 3 is 2.91 bits per heavy atom. The van der Waals surface area contributed by atoms with E-state index in [-0.39, 0.29) is 25.1 Å². The Kier molecular flexibility index (Phi) is 8.98. The van der Waals surface area contributed by atoms with Crippen molar-refractivity contribution in [2.24, 2.45) is 0 Å². The van der Waals surface area contributed by atoms with Crippen molar-refractivity contribution in [3.8, 4) is 5.75 Å². The van der Waals surface area contributed by atoms with Gasteiger partial charge in [-0.15, -0.1) is 11.3 Å². The number of aryl methyl sites for hydroxylation is 1. The van der Waals surface area contributed by atoms with Crippen molar-refractivity contribution in [3.63, 3.8) is 0 Å². The molecule has 0 aliphatic carbocycles. The fraction of sp³-hybridized carbons (Fsp3) is 0.444. The zero-order valence-electron chi connectivity index (χ0n) is 20.4. The Labute approximate surface area is 210 Å². The van der Waals surface area contributed by atoms with Crippen molar-refractivity contribution < 1.29 is 23.8 Å². The first-order valence-electron chi connectivity index (χ1n) is 12.1. The summed E-state index contributed by atoms with van der Waals surface area (Å²) in [5.74, 6) is 1.61. The number of amides is 1. The summed E-state index contributed by atoms with van der Waals surface area (Å²) >= 11 is 1.74. The SMILES string of the molecule is CCN(CC(=O)N1CCc2sccc2[C@@H]1COc1ccccc1C)C[C@H](O)COCc1ccco1. The smallest absolute Gasteiger partial charge is 0.237 e. The van der Waals surface area contributed by atoms with Gasteiger partial charge in [0.1, 0.15) is 24.7 Å². The van der Waals surface area contributed by atoms with Gasteiger partial charge in [-0.05, 0) is 60.7 Å². The van der Waals surface area contributed by atoms with Crippen molar-refractivity contribution in [2.75, 3.05) is 39.4 Å². The topological polar surface area (TPSA) is 75.4 Å². The molecule has 1 N–H and O–H groups in total. The van der Waals surface area contributed by atoms with E-state index >= 15 is 0 Å². The summed E-state index contributed by atoms with van der Waals surface area (Å²) in [6.45, 7) is 6.86. The number of furan rings is 1. The number of likely N-dealkylation sites (N-methyl/N-ethyl adjacent to an activating group) is 1. The molecule has 3 aromatic rings. The number of aliphatic hydroxyl groups is 1. The van der Waals surface area contributed by atoms with Gasteiger partial charge >= 0.3 is 0 Å². The highest BCUT2D eigenvalue weighted by Crippen LogP contribution is 2.34. The molecule has 2 aromatic heterocycles. The van der Waals surface area contributed by atoms with E-state index in [0.717, 1.165) is 23.5 Å². The lowest BCUT2D eigenvalue weighted by Gasteiger charge is -2.37. The maximum Gasteiger partial charge on any atom is 0.237 e. The quantitative estimate of drug-likeness (QED) is 0.406. The molecule has 0 fully saturated rings. The minimum atomic E-state index is -0.692. The van der Waals surface area contributed by atoms with E-state index in [9.17, 15) is 9.90 Å². The molecule has 1 aliphatic heterocycles. The molecule has 7 nitrogen and oxygen atoms in total. The van der Waals surface area contributed by atoms with E-state index in [1.54, 1.807) is 23.7 Å². The highest BCUT2D eigenvalue weighted by molar-refractivity contribution is 7.10. The molecule has 0 unspecified atom stereocenters. The van der Waals surface area contributed by atoms with Crippen molar-refractivity contribution in [1.82, 2.24) is 9.80 Å². The molecule has 0 saturated heterocycles. The lowest BCUT2D eigenvalue weighted by Crippen LogP contribution is -2.48. The highest BCUT2D eigenvalue weighted by Gasteiger charge is 2.33. The van der Waals surface area contributed by atoms with Gasteiger partial charge in [-0.1, -0.05) is 25.1 Å². The van der Waals surface area contributed by atoms with Crippen LogP contribution in [0, 0.1) is 6.92 Å². The van der Waals surface area contributed by atoms with Gasteiger partial charge in [0.05, 0.1) is 31.6 Å². The van der Waals surface area contributed by atoms with Crippen LogP contribution < -0.4 is 4.74 Å². The van der Waals surface area contributed by atoms with Crippen LogP contribution in [0.15, 0.2) is 58.5 Å². The van der Waals surface area contributed by atoms with E-state index < -0.39 is 6.10 Å². The van der Waals surface area contributed by atoms with Gasteiger partial charge in [-0.25, -0.2) is 0 Å². The van der Waals surface area contributed by atoms with Crippen LogP contribution in [-0.2, 0) is 22.6 Å². The molecular weight excluding hydrogens is 464 g/mol. The van der Waals surface area contributed by atoms with Crippen LogP contribution in [0.5, 0.6) is 5.75 Å². The van der Waals surface area contributed by atoms with Gasteiger partial charge in [0, 0.05) is 18.0 Å². The molecule has 8 heteroatoms. The van der Waals surface area contributed by atoms with Gasteiger partial charge < -0.3 is 23.9 Å². The van der Waals surface area contributed by atoms with E-state index in [2.05, 4.69) is 11.4 Å². The molecule has 0 spiro atoms. The highest BCUT2D eigenvalue weighted by atomic mass is 32.1. The number of aliphatic hydroxyl groups excluding tert-OH is 1. The van der Waals surface area contributed by atoms with E-state index in [4.69, 9.17) is 13.9 Å². The van der Waals surface area contributed by atoms with Gasteiger partial charge in [-0.3, -0.25) is 9.69 Å². The first kappa shape index (κ1) is 25.4. The number of carbonyl (C=O) groups excluding carboxylic acids is 1. The molecule has 0 radical (unpaired) electrons. The number of carbonyl (C=O) groups is 1. The zero-order chi connectivity index (χ0) is 24.6. The van der Waals surface area contributed by atoms with Crippen LogP contribution in [-0.4, -0.2) is 66.3 Å². The van der Waals surface area contributed by atoms with Crippen LogP contribution in [0.3, 0.4) is 0 Å². The average Bonchev–Trinajstić information content (AvgIpc) is 3.55. The lowest BCUT2D eigenvalue weighted by atomic mass is 10.0. The number of thiophene rings is 1. The van der Waals surface area contributed by atoms with Crippen LogP contribution in [0.2, 0.25) is 0 Å². The minimum absolute atomic E-state index is 0.0470. The van der Waals surface area contributed by atoms with Gasteiger partial charge in [-0.2, -0.15) is 0 Å². The Bertz CT molecular complexity index is 1070. The van der Waals surface area contributed by atoms with E-state index in [1.165, 1.54) is 10.4 Å². The molecule has 1 aliphatic rings. The van der Waals surface area contributed by atoms with Crippen LogP contribution in [0.1, 0.15) is 34.7 Å². The van der Waals surface area contributed by atoms with Crippen LogP contribution >= 0.6 is 11.3 Å². The maximum absolute atomic E-state index is 13.4. The Morgan fingerprint density at radius 1 is 1.29 bits per heavy atom. The monoisotopic (exact) mass is 498 g/mol. The minimum Gasteiger partial charge on any atom is -0.491 e. The normalized spacial score (nSPS) is 16.3. The third kappa shape index (κ3) is 6.73. The number of hydrogen-bond acceptors (Lipinski definition) is 7. The molecule has 0 bridgehead atoms. The predicted molar refractivity (Wildman–Crippen MR) is 136 cm³/mol. The number of benzene rings is 1. The number of nitrogens with zero attached hydrogens (tertiary/aromatic N) is 2. The first-order valence-corrected chi connectivity index (χ1v) is 13.0. The summed E-state index contributed by atoms with van der Waals surface area (Å²) in [6, 6.07) is 13.6. The second-order valence-corrected chi connectivity index (χ2v) is 9.81. The molecule has 0 saturated carbocycles. The fourth-order valence-electron chi connectivity index (χ4n) is 4.39. The Balaban J connectivity index is 1.35. The summed E-state index contributed by atoms with van der Waals surface area (Å²) in [6.07, 6.45) is 1.76. The molecule has 2 atom stereocenters. The molecule has 1 aromatic carbocycles. The van der Waals surface area contributed by atoms with Gasteiger partial charge in [0.25, 0.3) is 0 Å². The van der Waals surface area contributed by atoms with E-state index in [0.29, 0.717) is 32.8 Å². The number of hydrogen-bond donors (Lipinski definition) is 1. The molecule has 4 rings (SSSR count). The lowest BCUT2D eigenvalue weighted by molar-refractivity contribution is -0.136. The zero-order valence-corrected chi connectivity index (χ0v) is 21.2. The molecule has 188 valence electrons. The Hall–Kier alpha value is -2.65. The third-order valence-corrected chi connectivity index (χ3v) is 7.31. The molecule has 1 amide bonds. The van der Waals surface area contributed by atoms with Crippen molar-refractivity contribution in [3.05, 3.63) is 75.9 Å². The number of para-hydroxylation sites is 1. The number of rotatable bonds is 12. The summed E-state index contributed by atoms with van der Waals surface area (Å²) in [5, 5.41) is 12.5. The maximum atomic E-state index is 13.4. The molecular formula is C27H34N2O5S. The van der Waals surface area contributed by atoms with Crippen molar-refractivity contribution in [2.45, 2.75) is 39.0 Å². The summed E-state index contributed by atoms with van der Waals surface area (Å²) < 4.78 is 17.0. The third-order valence-electron chi connectivity index (χ3n) is 6.32. The summed E-state index contributed by atoms with van der Waals surface area (Å²) in [5.41, 5.74) is 2.25. The first-order chi connectivity index (χ1) is 17.0. The summed E-state index contributed by atoms with van der Waals surface area (Å²) in [7, 11) is 0. The van der Waals surface area contributed by atoms with Gasteiger partial charge in [0.15, 0.2) is 0 Å². The second-order valence-electron chi connectivity index (χ2n) is 8.80. The second kappa shape index (κ2) is 12.4. The van der Waals surface area contributed by atoms with E-state index in [1.807, 2.05) is 54.0 Å². The summed E-state index contributed by atoms with van der Waals surface area (Å²) in [4.78, 5) is 18.7. The fourth-order valence-corrected chi connectivity index (χ4v) is 5.32. The molecule has 35 heavy (non-hydrogen) atoms. The van der Waals surface area contributed by atoms with Crippen LogP contribution in [0.25, 0.3) is 0 Å². The van der Waals surface area contributed by atoms with Gasteiger partial charge in [0.2, 0.25) is 5.91 Å². The van der Waals surface area contributed by atoms with Crippen LogP contribution in [0.4, 0.5) is 0 Å². The average molecular weight is 499 g/mol. The largest absolute Gasteiger partial charge is 0.491 e. The predicted octanol–water partition coefficient (Wildman–Crippen LogP) is 4.05. The standard InChI is InChI=1S/C27H34N2O5S/c1-3-28(15-21(30)17-32-18-22-8-6-13-33-22)16-27(31)29-12-10-26-23(11-14-35-26)24(29)19-34-25-9-5-4-7-20(25)2/h4-9,11,13-14,21,24,30H,3,10,12,15-19H2,1-2H3/t21-,24-/m0/s1. The number of ether oxygens (including phenoxy) is 2. The van der Waals surface area contributed by atoms with Crippen molar-refractivity contribution >= 4 is 17.2 Å².